The molecular formula is C24H28N6O2. The van der Waals surface area contributed by atoms with Crippen LogP contribution in [-0.2, 0) is 11.3 Å². The Balaban J connectivity index is 1.49. The van der Waals surface area contributed by atoms with Crippen molar-refractivity contribution in [3.05, 3.63) is 53.7 Å². The van der Waals surface area contributed by atoms with E-state index >= 15 is 0 Å². The van der Waals surface area contributed by atoms with Crippen LogP contribution in [0, 0.1) is 6.92 Å². The number of nitrogens with two attached hydrogens (primary N) is 1. The first-order valence-corrected chi connectivity index (χ1v) is 11.0. The average molecular weight is 433 g/mol. The molecule has 0 radical (unpaired) electrons. The molecule has 1 atom stereocenters. The molecule has 166 valence electrons. The maximum Gasteiger partial charge on any atom is 0.187 e. The second kappa shape index (κ2) is 8.82. The molecule has 5 rings (SSSR count). The Kier molecular flexibility index (Phi) is 5.73. The van der Waals surface area contributed by atoms with Gasteiger partial charge in [0, 0.05) is 49.9 Å². The first-order chi connectivity index (χ1) is 15.6. The van der Waals surface area contributed by atoms with Gasteiger partial charge in [-0.05, 0) is 43.2 Å². The number of rotatable bonds is 7. The number of benzene rings is 1. The van der Waals surface area contributed by atoms with Crippen molar-refractivity contribution >= 4 is 16.6 Å². The number of methoxy groups -OCH3 is 1. The van der Waals surface area contributed by atoms with E-state index in [4.69, 9.17) is 20.2 Å². The number of pyridine rings is 2. The molecule has 0 amide bonds. The number of fused-ring (bicyclic) bond motifs is 2. The highest BCUT2D eigenvalue weighted by molar-refractivity contribution is 5.85. The Hall–Kier alpha value is -3.07. The minimum Gasteiger partial charge on any atom is -0.491 e. The summed E-state index contributed by atoms with van der Waals surface area (Å²) in [7, 11) is 1.67. The molecule has 0 aliphatic carbocycles. The third-order valence-electron chi connectivity index (χ3n) is 6.02. The molecule has 3 aromatic heterocycles. The smallest absolute Gasteiger partial charge is 0.187 e. The van der Waals surface area contributed by atoms with Crippen molar-refractivity contribution in [2.45, 2.75) is 25.9 Å². The van der Waals surface area contributed by atoms with Crippen molar-refractivity contribution in [3.63, 3.8) is 0 Å². The zero-order valence-corrected chi connectivity index (χ0v) is 18.5. The van der Waals surface area contributed by atoms with Crippen LogP contribution in [0.2, 0.25) is 0 Å². The summed E-state index contributed by atoms with van der Waals surface area (Å²) >= 11 is 0. The molecule has 8 heteroatoms. The van der Waals surface area contributed by atoms with Crippen LogP contribution in [0.15, 0.2) is 42.6 Å². The Labute approximate surface area is 187 Å². The second-order valence-electron chi connectivity index (χ2n) is 8.37. The van der Waals surface area contributed by atoms with Gasteiger partial charge in [-0.3, -0.25) is 9.30 Å². The summed E-state index contributed by atoms with van der Waals surface area (Å²) in [6.45, 7) is 5.92. The fourth-order valence-electron chi connectivity index (χ4n) is 4.30. The maximum absolute atomic E-state index is 6.06. The molecule has 0 spiro atoms. The maximum atomic E-state index is 6.06. The highest BCUT2D eigenvalue weighted by Gasteiger charge is 2.19. The van der Waals surface area contributed by atoms with Crippen molar-refractivity contribution in [2.24, 2.45) is 5.73 Å². The first kappa shape index (κ1) is 20.8. The van der Waals surface area contributed by atoms with E-state index in [1.807, 2.05) is 35.6 Å². The number of ether oxygens (including phenoxy) is 2. The Morgan fingerprint density at radius 3 is 2.78 bits per heavy atom. The van der Waals surface area contributed by atoms with Gasteiger partial charge in [0.15, 0.2) is 11.5 Å². The molecule has 4 aromatic rings. The van der Waals surface area contributed by atoms with Crippen molar-refractivity contribution in [1.29, 1.82) is 0 Å². The summed E-state index contributed by atoms with van der Waals surface area (Å²) in [5.74, 6) is 1.54. The van der Waals surface area contributed by atoms with Crippen LogP contribution in [0.1, 0.15) is 17.5 Å². The number of aryl methyl sites for hydroxylation is 1. The summed E-state index contributed by atoms with van der Waals surface area (Å²) < 4.78 is 13.0. The molecule has 4 heterocycles. The van der Waals surface area contributed by atoms with Crippen molar-refractivity contribution < 1.29 is 9.47 Å². The van der Waals surface area contributed by atoms with Crippen LogP contribution < -0.4 is 10.5 Å². The minimum absolute atomic E-state index is 0.276. The highest BCUT2D eigenvalue weighted by atomic mass is 16.5. The van der Waals surface area contributed by atoms with Crippen LogP contribution in [-0.4, -0.2) is 63.9 Å². The SMILES string of the molecule is COCCOc1ccc2ccc(-c3nnc4ccc(CN5CCC(N)C5)cn34)nc2c1C. The summed E-state index contributed by atoms with van der Waals surface area (Å²) in [6, 6.07) is 12.5. The molecule has 32 heavy (non-hydrogen) atoms. The van der Waals surface area contributed by atoms with Crippen LogP contribution in [0.25, 0.3) is 28.1 Å². The van der Waals surface area contributed by atoms with Gasteiger partial charge >= 0.3 is 0 Å². The minimum atomic E-state index is 0.276. The number of aromatic nitrogens is 4. The first-order valence-electron chi connectivity index (χ1n) is 11.0. The van der Waals surface area contributed by atoms with E-state index in [9.17, 15) is 0 Å². The number of likely N-dealkylation sites (tertiary alicyclic amines) is 1. The quantitative estimate of drug-likeness (QED) is 0.449. The molecule has 1 saturated heterocycles. The third-order valence-corrected chi connectivity index (χ3v) is 6.02. The fourth-order valence-corrected chi connectivity index (χ4v) is 4.30. The van der Waals surface area contributed by atoms with E-state index in [-0.39, 0.29) is 6.04 Å². The molecule has 8 nitrogen and oxygen atoms in total. The molecular weight excluding hydrogens is 404 g/mol. The van der Waals surface area contributed by atoms with Crippen LogP contribution in [0.3, 0.4) is 0 Å². The molecule has 1 aliphatic heterocycles. The standard InChI is InChI=1S/C24H28N6O2/c1-16-21(32-12-11-31-2)7-5-18-4-6-20(26-23(16)18)24-28-27-22-8-3-17(14-30(22)24)13-29-10-9-19(25)15-29/h3-8,14,19H,9-13,15,25H2,1-2H3. The van der Waals surface area contributed by atoms with Gasteiger partial charge in [-0.15, -0.1) is 10.2 Å². The van der Waals surface area contributed by atoms with E-state index in [1.165, 1.54) is 5.56 Å². The van der Waals surface area contributed by atoms with Gasteiger partial charge < -0.3 is 15.2 Å². The predicted molar refractivity (Wildman–Crippen MR) is 124 cm³/mol. The number of nitrogens with zero attached hydrogens (tertiary/aromatic N) is 5. The Morgan fingerprint density at radius 1 is 1.09 bits per heavy atom. The number of hydrogen-bond acceptors (Lipinski definition) is 7. The molecule has 2 N–H and O–H groups in total. The van der Waals surface area contributed by atoms with Gasteiger partial charge in [-0.1, -0.05) is 12.1 Å². The van der Waals surface area contributed by atoms with E-state index in [0.717, 1.165) is 65.4 Å². The molecule has 0 bridgehead atoms. The lowest BCUT2D eigenvalue weighted by Crippen LogP contribution is -2.26. The van der Waals surface area contributed by atoms with Gasteiger partial charge in [0.2, 0.25) is 0 Å². The Morgan fingerprint density at radius 2 is 1.97 bits per heavy atom. The van der Waals surface area contributed by atoms with Gasteiger partial charge in [0.05, 0.1) is 12.1 Å². The van der Waals surface area contributed by atoms with Crippen molar-refractivity contribution in [1.82, 2.24) is 24.5 Å². The van der Waals surface area contributed by atoms with Gasteiger partial charge in [-0.25, -0.2) is 4.98 Å². The van der Waals surface area contributed by atoms with Crippen LogP contribution in [0.5, 0.6) is 5.75 Å². The van der Waals surface area contributed by atoms with Crippen molar-refractivity contribution in [2.75, 3.05) is 33.4 Å². The molecule has 1 fully saturated rings. The topological polar surface area (TPSA) is 90.8 Å². The summed E-state index contributed by atoms with van der Waals surface area (Å²) in [5.41, 5.74) is 10.8. The van der Waals surface area contributed by atoms with Gasteiger partial charge in [0.1, 0.15) is 18.1 Å². The van der Waals surface area contributed by atoms with Crippen LogP contribution in [0.4, 0.5) is 0 Å². The van der Waals surface area contributed by atoms with Gasteiger partial charge in [0.25, 0.3) is 0 Å². The van der Waals surface area contributed by atoms with Gasteiger partial charge in [-0.2, -0.15) is 0 Å². The lowest BCUT2D eigenvalue weighted by molar-refractivity contribution is 0.146. The second-order valence-corrected chi connectivity index (χ2v) is 8.37. The fraction of sp³-hybridized carbons (Fsp3) is 0.375. The zero-order valence-electron chi connectivity index (χ0n) is 18.5. The average Bonchev–Trinajstić information content (AvgIpc) is 3.41. The Bertz CT molecular complexity index is 1250. The lowest BCUT2D eigenvalue weighted by atomic mass is 10.1. The summed E-state index contributed by atoms with van der Waals surface area (Å²) in [6.07, 6.45) is 3.16. The monoisotopic (exact) mass is 432 g/mol. The third kappa shape index (κ3) is 4.04. The van der Waals surface area contributed by atoms with E-state index < -0.39 is 0 Å². The molecule has 1 aliphatic rings. The van der Waals surface area contributed by atoms with Crippen molar-refractivity contribution in [3.8, 4) is 17.3 Å². The molecule has 0 saturated carbocycles. The lowest BCUT2D eigenvalue weighted by Gasteiger charge is -2.15. The number of hydrogen-bond donors (Lipinski definition) is 1. The normalized spacial score (nSPS) is 16.9. The van der Waals surface area contributed by atoms with Crippen LogP contribution >= 0.6 is 0 Å². The van der Waals surface area contributed by atoms with E-state index in [2.05, 4.69) is 33.4 Å². The predicted octanol–water partition coefficient (Wildman–Crippen LogP) is 2.81. The van der Waals surface area contributed by atoms with E-state index in [0.29, 0.717) is 13.2 Å². The largest absolute Gasteiger partial charge is 0.491 e. The van der Waals surface area contributed by atoms with E-state index in [1.54, 1.807) is 7.11 Å². The zero-order chi connectivity index (χ0) is 22.1. The molecule has 1 aromatic carbocycles. The summed E-state index contributed by atoms with van der Waals surface area (Å²) in [5, 5.41) is 9.85. The highest BCUT2D eigenvalue weighted by Crippen LogP contribution is 2.28. The summed E-state index contributed by atoms with van der Waals surface area (Å²) in [4.78, 5) is 7.33. The molecule has 1 unspecified atom stereocenters.